The Kier molecular flexibility index (Phi) is 5.90. The second-order valence-electron chi connectivity index (χ2n) is 5.65. The van der Waals surface area contributed by atoms with Crippen LogP contribution in [0.5, 0.6) is 11.5 Å². The highest BCUT2D eigenvalue weighted by Crippen LogP contribution is 2.35. The summed E-state index contributed by atoms with van der Waals surface area (Å²) >= 11 is 8.18. The van der Waals surface area contributed by atoms with Crippen LogP contribution >= 0.6 is 34.2 Å². The molecule has 1 heterocycles. The predicted molar refractivity (Wildman–Crippen MR) is 113 cm³/mol. The number of methoxy groups -OCH3 is 2. The standard InChI is InChI=1S/C19H14ClIN2O5/c1-27-15-9-10(8-13(21)16(15)28-2)7-11-17(24)22-19(26)23(18(11)25)14-6-4-3-5-12(14)20/h3-9H,1-2H3,(H,22,24,26)/b11-7+. The van der Waals surface area contributed by atoms with Crippen molar-refractivity contribution in [2.45, 2.75) is 0 Å². The number of anilines is 1. The lowest BCUT2D eigenvalue weighted by atomic mass is 10.1. The fourth-order valence-corrected chi connectivity index (χ4v) is 3.76. The van der Waals surface area contributed by atoms with Crippen LogP contribution in [0.2, 0.25) is 5.02 Å². The third kappa shape index (κ3) is 3.69. The number of barbiturate groups is 1. The zero-order valence-electron chi connectivity index (χ0n) is 14.8. The largest absolute Gasteiger partial charge is 0.493 e. The highest BCUT2D eigenvalue weighted by molar-refractivity contribution is 14.1. The number of nitrogens with zero attached hydrogens (tertiary/aromatic N) is 1. The molecule has 2 aromatic carbocycles. The van der Waals surface area contributed by atoms with Crippen molar-refractivity contribution in [2.24, 2.45) is 0 Å². The van der Waals surface area contributed by atoms with E-state index < -0.39 is 17.8 Å². The van der Waals surface area contributed by atoms with E-state index in [2.05, 4.69) is 27.9 Å². The van der Waals surface area contributed by atoms with Crippen molar-refractivity contribution in [1.29, 1.82) is 0 Å². The zero-order valence-corrected chi connectivity index (χ0v) is 17.7. The van der Waals surface area contributed by atoms with Crippen molar-refractivity contribution >= 4 is 63.8 Å². The molecule has 0 spiro atoms. The molecule has 144 valence electrons. The molecule has 1 fully saturated rings. The summed E-state index contributed by atoms with van der Waals surface area (Å²) in [6.45, 7) is 0. The number of carbonyl (C=O) groups is 3. The van der Waals surface area contributed by atoms with Gasteiger partial charge in [-0.3, -0.25) is 14.9 Å². The minimum Gasteiger partial charge on any atom is -0.493 e. The van der Waals surface area contributed by atoms with E-state index >= 15 is 0 Å². The highest BCUT2D eigenvalue weighted by atomic mass is 127. The summed E-state index contributed by atoms with van der Waals surface area (Å²) in [5, 5.41) is 2.37. The van der Waals surface area contributed by atoms with Gasteiger partial charge in [-0.15, -0.1) is 0 Å². The van der Waals surface area contributed by atoms with Crippen molar-refractivity contribution in [3.05, 3.63) is 56.1 Å². The number of rotatable bonds is 4. The first-order valence-electron chi connectivity index (χ1n) is 7.95. The van der Waals surface area contributed by atoms with Gasteiger partial charge in [-0.05, 0) is 58.5 Å². The maximum Gasteiger partial charge on any atom is 0.335 e. The Labute approximate surface area is 179 Å². The fraction of sp³-hybridized carbons (Fsp3) is 0.105. The van der Waals surface area contributed by atoms with Gasteiger partial charge in [-0.1, -0.05) is 23.7 Å². The van der Waals surface area contributed by atoms with E-state index in [1.165, 1.54) is 26.4 Å². The zero-order chi connectivity index (χ0) is 20.4. The van der Waals surface area contributed by atoms with Gasteiger partial charge in [0.15, 0.2) is 11.5 Å². The summed E-state index contributed by atoms with van der Waals surface area (Å²) in [7, 11) is 3.00. The molecule has 0 saturated carbocycles. The van der Waals surface area contributed by atoms with Gasteiger partial charge in [0, 0.05) is 0 Å². The maximum absolute atomic E-state index is 12.9. The SMILES string of the molecule is COc1cc(/C=C2\C(=O)NC(=O)N(c3ccccc3Cl)C2=O)cc(I)c1OC. The number of nitrogens with one attached hydrogen (secondary N) is 1. The Morgan fingerprint density at radius 3 is 2.46 bits per heavy atom. The molecule has 0 atom stereocenters. The van der Waals surface area contributed by atoms with Crippen molar-refractivity contribution in [3.63, 3.8) is 0 Å². The number of para-hydroxylation sites is 1. The van der Waals surface area contributed by atoms with Gasteiger partial charge >= 0.3 is 6.03 Å². The van der Waals surface area contributed by atoms with Crippen molar-refractivity contribution in [1.82, 2.24) is 5.32 Å². The molecule has 3 rings (SSSR count). The molecule has 0 aliphatic carbocycles. The Bertz CT molecular complexity index is 1020. The second-order valence-corrected chi connectivity index (χ2v) is 7.22. The van der Waals surface area contributed by atoms with Crippen molar-refractivity contribution in [2.75, 3.05) is 19.1 Å². The van der Waals surface area contributed by atoms with Gasteiger partial charge in [0.05, 0.1) is 28.5 Å². The molecule has 2 aromatic rings. The number of imide groups is 2. The van der Waals surface area contributed by atoms with E-state index in [1.54, 1.807) is 30.3 Å². The molecule has 7 nitrogen and oxygen atoms in total. The van der Waals surface area contributed by atoms with E-state index in [9.17, 15) is 14.4 Å². The first-order valence-corrected chi connectivity index (χ1v) is 9.40. The van der Waals surface area contributed by atoms with Crippen LogP contribution in [0.4, 0.5) is 10.5 Å². The lowest BCUT2D eigenvalue weighted by molar-refractivity contribution is -0.122. The average Bonchev–Trinajstić information content (AvgIpc) is 2.66. The summed E-state index contributed by atoms with van der Waals surface area (Å²) in [6, 6.07) is 8.88. The Hall–Kier alpha value is -2.59. The molecule has 0 unspecified atom stereocenters. The van der Waals surface area contributed by atoms with E-state index in [1.807, 2.05) is 0 Å². The molecule has 0 radical (unpaired) electrons. The first-order chi connectivity index (χ1) is 13.4. The predicted octanol–water partition coefficient (Wildman–Crippen LogP) is 3.63. The summed E-state index contributed by atoms with van der Waals surface area (Å²) in [5.41, 5.74) is 0.517. The third-order valence-corrected chi connectivity index (χ3v) is 5.08. The van der Waals surface area contributed by atoms with Crippen molar-refractivity contribution < 1.29 is 23.9 Å². The van der Waals surface area contributed by atoms with Crippen LogP contribution in [0.15, 0.2) is 42.0 Å². The Balaban J connectivity index is 2.07. The van der Waals surface area contributed by atoms with Crippen molar-refractivity contribution in [3.8, 4) is 11.5 Å². The molecule has 0 bridgehead atoms. The normalized spacial score (nSPS) is 15.6. The molecule has 9 heteroatoms. The molecule has 1 aliphatic rings. The molecular weight excluding hydrogens is 499 g/mol. The molecule has 0 aromatic heterocycles. The van der Waals surface area contributed by atoms with Gasteiger partial charge < -0.3 is 9.47 Å². The maximum atomic E-state index is 12.9. The number of amides is 4. The van der Waals surface area contributed by atoms with Crippen LogP contribution in [0.25, 0.3) is 6.08 Å². The summed E-state index contributed by atoms with van der Waals surface area (Å²) in [5.74, 6) is -0.573. The number of urea groups is 1. The molecule has 1 saturated heterocycles. The minimum absolute atomic E-state index is 0.187. The van der Waals surface area contributed by atoms with Crippen LogP contribution in [0.3, 0.4) is 0 Å². The van der Waals surface area contributed by atoms with E-state index in [-0.39, 0.29) is 16.3 Å². The smallest absolute Gasteiger partial charge is 0.335 e. The molecule has 1 aliphatic heterocycles. The summed E-state index contributed by atoms with van der Waals surface area (Å²) in [6.07, 6.45) is 1.39. The van der Waals surface area contributed by atoms with Gasteiger partial charge in [0.2, 0.25) is 0 Å². The van der Waals surface area contributed by atoms with Crippen LogP contribution in [-0.2, 0) is 9.59 Å². The molecule has 1 N–H and O–H groups in total. The Morgan fingerprint density at radius 1 is 1.11 bits per heavy atom. The number of hydrogen-bond acceptors (Lipinski definition) is 5. The lowest BCUT2D eigenvalue weighted by Crippen LogP contribution is -2.54. The van der Waals surface area contributed by atoms with Crippen LogP contribution in [0.1, 0.15) is 5.56 Å². The molecule has 28 heavy (non-hydrogen) atoms. The molecular formula is C19H14ClIN2O5. The highest BCUT2D eigenvalue weighted by Gasteiger charge is 2.37. The number of ether oxygens (including phenoxy) is 2. The fourth-order valence-electron chi connectivity index (χ4n) is 2.70. The molecule has 4 amide bonds. The van der Waals surface area contributed by atoms with E-state index in [4.69, 9.17) is 21.1 Å². The Morgan fingerprint density at radius 2 is 1.82 bits per heavy atom. The topological polar surface area (TPSA) is 84.9 Å². The van der Waals surface area contributed by atoms with Gasteiger partial charge in [-0.2, -0.15) is 0 Å². The quantitative estimate of drug-likeness (QED) is 0.384. The van der Waals surface area contributed by atoms with E-state index in [0.717, 1.165) is 8.47 Å². The van der Waals surface area contributed by atoms with Crippen LogP contribution in [-0.4, -0.2) is 32.1 Å². The number of hydrogen-bond donors (Lipinski definition) is 1. The first kappa shape index (κ1) is 20.2. The van der Waals surface area contributed by atoms with Crippen LogP contribution in [0, 0.1) is 3.57 Å². The van der Waals surface area contributed by atoms with Crippen LogP contribution < -0.4 is 19.7 Å². The van der Waals surface area contributed by atoms with Gasteiger partial charge in [-0.25, -0.2) is 9.69 Å². The van der Waals surface area contributed by atoms with Gasteiger partial charge in [0.25, 0.3) is 11.8 Å². The summed E-state index contributed by atoms with van der Waals surface area (Å²) in [4.78, 5) is 38.3. The van der Waals surface area contributed by atoms with Gasteiger partial charge in [0.1, 0.15) is 5.57 Å². The van der Waals surface area contributed by atoms with E-state index in [0.29, 0.717) is 17.1 Å². The lowest BCUT2D eigenvalue weighted by Gasteiger charge is -2.27. The third-order valence-electron chi connectivity index (χ3n) is 3.96. The average molecular weight is 513 g/mol. The number of halogens is 2. The number of carbonyl (C=O) groups excluding carboxylic acids is 3. The second kappa shape index (κ2) is 8.19. The minimum atomic E-state index is -0.859. The summed E-state index contributed by atoms with van der Waals surface area (Å²) < 4.78 is 11.3. The number of benzene rings is 2. The monoisotopic (exact) mass is 512 g/mol.